The van der Waals surface area contributed by atoms with Crippen LogP contribution >= 0.6 is 0 Å². The molecule has 3 aromatic rings. The third-order valence-corrected chi connectivity index (χ3v) is 3.79. The van der Waals surface area contributed by atoms with E-state index in [1.165, 1.54) is 12.1 Å². The fourth-order valence-electron chi connectivity index (χ4n) is 2.38. The highest BCUT2D eigenvalue weighted by atomic mass is 19.1. The van der Waals surface area contributed by atoms with E-state index in [-0.39, 0.29) is 5.69 Å². The van der Waals surface area contributed by atoms with E-state index in [1.54, 1.807) is 18.5 Å². The molecule has 1 aliphatic carbocycles. The molecule has 126 valence electrons. The lowest BCUT2D eigenvalue weighted by Crippen LogP contribution is -2.08. The summed E-state index contributed by atoms with van der Waals surface area (Å²) in [7, 11) is 0. The van der Waals surface area contributed by atoms with E-state index in [0.29, 0.717) is 23.5 Å². The number of nitrogens with zero attached hydrogens (tertiary/aromatic N) is 3. The first kappa shape index (κ1) is 15.4. The van der Waals surface area contributed by atoms with E-state index in [2.05, 4.69) is 25.6 Å². The molecule has 1 aliphatic rings. The normalized spacial score (nSPS) is 13.5. The molecule has 7 heteroatoms. The van der Waals surface area contributed by atoms with Crippen LogP contribution in [0.3, 0.4) is 0 Å². The summed E-state index contributed by atoms with van der Waals surface area (Å²) in [6, 6.07) is 9.14. The number of hydrogen-bond acceptors (Lipinski definition) is 5. The van der Waals surface area contributed by atoms with Gasteiger partial charge in [0, 0.05) is 36.1 Å². The molecule has 5 nitrogen and oxygen atoms in total. The lowest BCUT2D eigenvalue weighted by Gasteiger charge is -2.11. The van der Waals surface area contributed by atoms with Gasteiger partial charge in [0.05, 0.1) is 11.4 Å². The summed E-state index contributed by atoms with van der Waals surface area (Å²) in [5, 5.41) is 6.13. The van der Waals surface area contributed by atoms with Crippen LogP contribution in [0.1, 0.15) is 12.8 Å². The van der Waals surface area contributed by atoms with Gasteiger partial charge < -0.3 is 10.6 Å². The summed E-state index contributed by atoms with van der Waals surface area (Å²) < 4.78 is 27.0. The third kappa shape index (κ3) is 3.71. The number of hydrogen-bond donors (Lipinski definition) is 2. The van der Waals surface area contributed by atoms with Crippen LogP contribution in [0.4, 0.5) is 26.2 Å². The van der Waals surface area contributed by atoms with Crippen LogP contribution in [0.2, 0.25) is 0 Å². The van der Waals surface area contributed by atoms with Crippen molar-refractivity contribution < 1.29 is 8.78 Å². The molecule has 0 amide bonds. The Bertz CT molecular complexity index is 897. The lowest BCUT2D eigenvalue weighted by atomic mass is 10.2. The molecule has 0 saturated heterocycles. The summed E-state index contributed by atoms with van der Waals surface area (Å²) in [5.41, 5.74) is 1.64. The Kier molecular flexibility index (Phi) is 3.97. The van der Waals surface area contributed by atoms with Crippen molar-refractivity contribution in [2.24, 2.45) is 0 Å². The Labute approximate surface area is 143 Å². The van der Waals surface area contributed by atoms with Crippen molar-refractivity contribution in [1.82, 2.24) is 15.0 Å². The molecule has 2 N–H and O–H groups in total. The quantitative estimate of drug-likeness (QED) is 0.732. The van der Waals surface area contributed by atoms with E-state index < -0.39 is 11.6 Å². The zero-order valence-electron chi connectivity index (χ0n) is 13.2. The summed E-state index contributed by atoms with van der Waals surface area (Å²) in [6.07, 6.45) is 5.54. The number of halogens is 2. The minimum atomic E-state index is -0.682. The summed E-state index contributed by atoms with van der Waals surface area (Å²) in [4.78, 5) is 13.0. The van der Waals surface area contributed by atoms with Gasteiger partial charge in [-0.05, 0) is 37.1 Å². The fourth-order valence-corrected chi connectivity index (χ4v) is 2.38. The average molecular weight is 339 g/mol. The maximum atomic E-state index is 13.9. The van der Waals surface area contributed by atoms with Gasteiger partial charge in [0.25, 0.3) is 0 Å². The number of aromatic nitrogens is 3. The Hall–Kier alpha value is -3.09. The van der Waals surface area contributed by atoms with Gasteiger partial charge in [-0.1, -0.05) is 0 Å². The summed E-state index contributed by atoms with van der Waals surface area (Å²) >= 11 is 0. The van der Waals surface area contributed by atoms with Crippen molar-refractivity contribution in [2.75, 3.05) is 10.6 Å². The number of anilines is 3. The first-order valence-corrected chi connectivity index (χ1v) is 7.95. The molecule has 1 aromatic carbocycles. The van der Waals surface area contributed by atoms with Crippen LogP contribution in [-0.2, 0) is 0 Å². The zero-order chi connectivity index (χ0) is 17.2. The summed E-state index contributed by atoms with van der Waals surface area (Å²) in [6.45, 7) is 0. The Morgan fingerprint density at radius 1 is 1.04 bits per heavy atom. The number of pyridine rings is 1. The average Bonchev–Trinajstić information content (AvgIpc) is 3.42. The van der Waals surface area contributed by atoms with E-state index in [1.807, 2.05) is 12.1 Å². The predicted molar refractivity (Wildman–Crippen MR) is 91.5 cm³/mol. The minimum absolute atomic E-state index is 0.148. The van der Waals surface area contributed by atoms with Crippen molar-refractivity contribution in [3.8, 4) is 11.3 Å². The standard InChI is InChI=1S/C18H15F2N5/c19-12-3-6-15(14(20)8-12)23-17-9-16(11-2-1-7-21-10-11)24-18(25-17)22-13-4-5-13/h1-3,6-10,13H,4-5H2,(H2,22,23,24,25). The minimum Gasteiger partial charge on any atom is -0.351 e. The largest absolute Gasteiger partial charge is 0.351 e. The van der Waals surface area contributed by atoms with Crippen LogP contribution in [0.25, 0.3) is 11.3 Å². The predicted octanol–water partition coefficient (Wildman–Crippen LogP) is 4.13. The lowest BCUT2D eigenvalue weighted by molar-refractivity contribution is 0.586. The van der Waals surface area contributed by atoms with Crippen LogP contribution in [0.5, 0.6) is 0 Å². The molecule has 25 heavy (non-hydrogen) atoms. The highest BCUT2D eigenvalue weighted by Gasteiger charge is 2.22. The van der Waals surface area contributed by atoms with Gasteiger partial charge in [-0.15, -0.1) is 0 Å². The molecule has 2 heterocycles. The monoisotopic (exact) mass is 339 g/mol. The first-order chi connectivity index (χ1) is 12.2. The molecule has 0 spiro atoms. The smallest absolute Gasteiger partial charge is 0.225 e. The van der Waals surface area contributed by atoms with Crippen molar-refractivity contribution in [3.63, 3.8) is 0 Å². The number of nitrogens with one attached hydrogen (secondary N) is 2. The fraction of sp³-hybridized carbons (Fsp3) is 0.167. The molecule has 0 unspecified atom stereocenters. The highest BCUT2D eigenvalue weighted by Crippen LogP contribution is 2.27. The molecule has 4 rings (SSSR count). The molecule has 2 aromatic heterocycles. The molecule has 1 saturated carbocycles. The van der Waals surface area contributed by atoms with Gasteiger partial charge in [0.1, 0.15) is 17.5 Å². The van der Waals surface area contributed by atoms with Gasteiger partial charge in [-0.25, -0.2) is 13.8 Å². The second kappa shape index (κ2) is 6.43. The van der Waals surface area contributed by atoms with Gasteiger partial charge in [-0.3, -0.25) is 4.98 Å². The van der Waals surface area contributed by atoms with Gasteiger partial charge in [-0.2, -0.15) is 4.98 Å². The molecular formula is C18H15F2N5. The molecule has 0 radical (unpaired) electrons. The van der Waals surface area contributed by atoms with Crippen molar-refractivity contribution >= 4 is 17.5 Å². The van der Waals surface area contributed by atoms with Crippen LogP contribution in [-0.4, -0.2) is 21.0 Å². The molecule has 0 bridgehead atoms. The van der Waals surface area contributed by atoms with Crippen LogP contribution in [0.15, 0.2) is 48.8 Å². The Balaban J connectivity index is 1.70. The number of rotatable bonds is 5. The SMILES string of the molecule is Fc1ccc(Nc2cc(-c3cccnc3)nc(NC3CC3)n2)c(F)c1. The van der Waals surface area contributed by atoms with Gasteiger partial charge in [0.2, 0.25) is 5.95 Å². The van der Waals surface area contributed by atoms with Gasteiger partial charge >= 0.3 is 0 Å². The van der Waals surface area contributed by atoms with Crippen LogP contribution in [0, 0.1) is 11.6 Å². The second-order valence-electron chi connectivity index (χ2n) is 5.87. The van der Waals surface area contributed by atoms with Crippen molar-refractivity contribution in [2.45, 2.75) is 18.9 Å². The van der Waals surface area contributed by atoms with Gasteiger partial charge in [0.15, 0.2) is 0 Å². The highest BCUT2D eigenvalue weighted by molar-refractivity contribution is 5.67. The zero-order valence-corrected chi connectivity index (χ0v) is 13.2. The Morgan fingerprint density at radius 2 is 1.92 bits per heavy atom. The first-order valence-electron chi connectivity index (χ1n) is 7.95. The maximum absolute atomic E-state index is 13.9. The van der Waals surface area contributed by atoms with E-state index in [9.17, 15) is 8.78 Å². The second-order valence-corrected chi connectivity index (χ2v) is 5.87. The Morgan fingerprint density at radius 3 is 2.64 bits per heavy atom. The van der Waals surface area contributed by atoms with E-state index in [4.69, 9.17) is 0 Å². The molecule has 1 fully saturated rings. The van der Waals surface area contributed by atoms with Crippen molar-refractivity contribution in [1.29, 1.82) is 0 Å². The third-order valence-electron chi connectivity index (χ3n) is 3.79. The maximum Gasteiger partial charge on any atom is 0.225 e. The van der Waals surface area contributed by atoms with E-state index in [0.717, 1.165) is 24.5 Å². The topological polar surface area (TPSA) is 62.7 Å². The number of benzene rings is 1. The van der Waals surface area contributed by atoms with Crippen molar-refractivity contribution in [3.05, 3.63) is 60.4 Å². The molecule has 0 atom stereocenters. The molecular weight excluding hydrogens is 324 g/mol. The van der Waals surface area contributed by atoms with Crippen LogP contribution < -0.4 is 10.6 Å². The summed E-state index contributed by atoms with van der Waals surface area (Å²) in [5.74, 6) is -0.424. The molecule has 0 aliphatic heterocycles. The van der Waals surface area contributed by atoms with E-state index >= 15 is 0 Å².